The lowest BCUT2D eigenvalue weighted by Crippen LogP contribution is -2.19. The second-order valence-corrected chi connectivity index (χ2v) is 6.86. The van der Waals surface area contributed by atoms with E-state index in [0.717, 1.165) is 6.07 Å². The van der Waals surface area contributed by atoms with Gasteiger partial charge in [-0.2, -0.15) is 0 Å². The zero-order valence-electron chi connectivity index (χ0n) is 12.8. The Kier molecular flexibility index (Phi) is 4.28. The van der Waals surface area contributed by atoms with E-state index in [2.05, 4.69) is 4.72 Å². The number of sulfonamides is 1. The van der Waals surface area contributed by atoms with Gasteiger partial charge in [-0.1, -0.05) is 6.07 Å². The summed E-state index contributed by atoms with van der Waals surface area (Å²) in [5.41, 5.74) is 0.786. The first-order valence-corrected chi connectivity index (χ1v) is 8.14. The number of anilines is 1. The molecule has 23 heavy (non-hydrogen) atoms. The van der Waals surface area contributed by atoms with Gasteiger partial charge in [-0.3, -0.25) is 9.52 Å². The molecule has 122 valence electrons. The van der Waals surface area contributed by atoms with Gasteiger partial charge in [0.1, 0.15) is 0 Å². The second-order valence-electron chi connectivity index (χ2n) is 5.21. The molecule has 0 saturated carbocycles. The summed E-state index contributed by atoms with van der Waals surface area (Å²) in [4.78, 5) is 22.4. The van der Waals surface area contributed by atoms with Crippen molar-refractivity contribution in [3.63, 3.8) is 0 Å². The van der Waals surface area contributed by atoms with Crippen LogP contribution in [0.25, 0.3) is 0 Å². The minimum Gasteiger partial charge on any atom is -0.478 e. The van der Waals surface area contributed by atoms with Gasteiger partial charge < -0.3 is 9.67 Å². The fourth-order valence-corrected chi connectivity index (χ4v) is 3.51. The molecule has 2 aromatic rings. The molecule has 7 nitrogen and oxygen atoms in total. The van der Waals surface area contributed by atoms with E-state index in [1.165, 1.54) is 36.0 Å². The topological polar surface area (TPSA) is 105 Å². The van der Waals surface area contributed by atoms with Crippen LogP contribution in [0.3, 0.4) is 0 Å². The van der Waals surface area contributed by atoms with Gasteiger partial charge in [0.25, 0.3) is 10.0 Å². The van der Waals surface area contributed by atoms with Crippen molar-refractivity contribution < 1.29 is 18.3 Å². The SMILES string of the molecule is Cc1cc(C)c(S(=O)(=O)Nc2ccc(=O)n(C)c2)cc1C(=O)O. The van der Waals surface area contributed by atoms with Gasteiger partial charge in [0.2, 0.25) is 5.56 Å². The van der Waals surface area contributed by atoms with Gasteiger partial charge in [0, 0.05) is 19.3 Å². The highest BCUT2D eigenvalue weighted by molar-refractivity contribution is 7.92. The van der Waals surface area contributed by atoms with Crippen molar-refractivity contribution in [1.82, 2.24) is 4.57 Å². The number of carboxylic acids is 1. The largest absolute Gasteiger partial charge is 0.478 e. The predicted molar refractivity (Wildman–Crippen MR) is 85.4 cm³/mol. The molecule has 0 radical (unpaired) electrons. The Balaban J connectivity index is 2.51. The van der Waals surface area contributed by atoms with E-state index in [1.54, 1.807) is 13.8 Å². The van der Waals surface area contributed by atoms with Gasteiger partial charge in [-0.25, -0.2) is 13.2 Å². The Bertz CT molecular complexity index is 945. The molecule has 1 aromatic carbocycles. The van der Waals surface area contributed by atoms with Crippen molar-refractivity contribution in [2.75, 3.05) is 4.72 Å². The number of pyridine rings is 1. The lowest BCUT2D eigenvalue weighted by molar-refractivity contribution is 0.0696. The molecular weight excluding hydrogens is 320 g/mol. The van der Waals surface area contributed by atoms with Crippen LogP contribution >= 0.6 is 0 Å². The lowest BCUT2D eigenvalue weighted by Gasteiger charge is -2.13. The number of nitrogens with zero attached hydrogens (tertiary/aromatic N) is 1. The number of hydrogen-bond donors (Lipinski definition) is 2. The molecule has 0 atom stereocenters. The molecule has 8 heteroatoms. The zero-order chi connectivity index (χ0) is 17.4. The number of nitrogens with one attached hydrogen (secondary N) is 1. The molecule has 0 aliphatic carbocycles. The van der Waals surface area contributed by atoms with Crippen LogP contribution < -0.4 is 10.3 Å². The fourth-order valence-electron chi connectivity index (χ4n) is 2.22. The average molecular weight is 336 g/mol. The Morgan fingerprint density at radius 2 is 1.83 bits per heavy atom. The Morgan fingerprint density at radius 3 is 2.39 bits per heavy atom. The summed E-state index contributed by atoms with van der Waals surface area (Å²) in [5.74, 6) is -1.19. The van der Waals surface area contributed by atoms with Gasteiger partial charge in [-0.05, 0) is 37.1 Å². The fraction of sp³-hybridized carbons (Fsp3) is 0.200. The molecule has 0 unspecified atom stereocenters. The van der Waals surface area contributed by atoms with Crippen LogP contribution in [0.1, 0.15) is 21.5 Å². The maximum Gasteiger partial charge on any atom is 0.335 e. The number of benzene rings is 1. The highest BCUT2D eigenvalue weighted by Gasteiger charge is 2.21. The first-order chi connectivity index (χ1) is 10.6. The molecule has 0 aliphatic rings. The lowest BCUT2D eigenvalue weighted by atomic mass is 10.1. The number of aryl methyl sites for hydroxylation is 3. The van der Waals surface area contributed by atoms with Gasteiger partial charge >= 0.3 is 5.97 Å². The Hall–Kier alpha value is -2.61. The summed E-state index contributed by atoms with van der Waals surface area (Å²) in [5, 5.41) is 9.15. The third kappa shape index (κ3) is 3.42. The molecule has 0 saturated heterocycles. The summed E-state index contributed by atoms with van der Waals surface area (Å²) < 4.78 is 28.6. The summed E-state index contributed by atoms with van der Waals surface area (Å²) >= 11 is 0. The maximum absolute atomic E-state index is 12.5. The zero-order valence-corrected chi connectivity index (χ0v) is 13.6. The van der Waals surface area contributed by atoms with Crippen LogP contribution in [0.15, 0.2) is 40.2 Å². The van der Waals surface area contributed by atoms with Gasteiger partial charge in [0.15, 0.2) is 0 Å². The van der Waals surface area contributed by atoms with E-state index in [-0.39, 0.29) is 21.7 Å². The van der Waals surface area contributed by atoms with Crippen LogP contribution in [0.2, 0.25) is 0 Å². The van der Waals surface area contributed by atoms with Crippen LogP contribution in [0, 0.1) is 13.8 Å². The van der Waals surface area contributed by atoms with Crippen LogP contribution in [0.4, 0.5) is 5.69 Å². The standard InChI is InChI=1S/C15H16N2O5S/c1-9-6-10(2)13(7-12(9)15(19)20)23(21,22)16-11-4-5-14(18)17(3)8-11/h4-8,16H,1-3H3,(H,19,20). The average Bonchev–Trinajstić information content (AvgIpc) is 2.41. The number of rotatable bonds is 4. The monoisotopic (exact) mass is 336 g/mol. The quantitative estimate of drug-likeness (QED) is 0.880. The van der Waals surface area contributed by atoms with Gasteiger partial charge in [-0.15, -0.1) is 0 Å². The van der Waals surface area contributed by atoms with E-state index < -0.39 is 16.0 Å². The summed E-state index contributed by atoms with van der Waals surface area (Å²) in [6, 6.07) is 5.24. The van der Waals surface area contributed by atoms with E-state index in [9.17, 15) is 18.0 Å². The smallest absolute Gasteiger partial charge is 0.335 e. The van der Waals surface area contributed by atoms with Gasteiger partial charge in [0.05, 0.1) is 16.1 Å². The molecule has 0 aliphatic heterocycles. The Labute approximate surface area is 133 Å². The van der Waals surface area contributed by atoms with E-state index >= 15 is 0 Å². The third-order valence-corrected chi connectivity index (χ3v) is 4.90. The van der Waals surface area contributed by atoms with Crippen molar-refractivity contribution >= 4 is 21.7 Å². The molecule has 2 rings (SSSR count). The number of carbonyl (C=O) groups is 1. The third-order valence-electron chi connectivity index (χ3n) is 3.38. The van der Waals surface area contributed by atoms with Crippen LogP contribution in [-0.4, -0.2) is 24.1 Å². The van der Waals surface area contributed by atoms with E-state index in [0.29, 0.717) is 11.1 Å². The second kappa shape index (κ2) is 5.88. The maximum atomic E-state index is 12.5. The molecule has 0 bridgehead atoms. The molecule has 1 heterocycles. The molecule has 0 fully saturated rings. The number of aromatic carboxylic acids is 1. The summed E-state index contributed by atoms with van der Waals surface area (Å²) in [6.45, 7) is 3.20. The van der Waals surface area contributed by atoms with E-state index in [4.69, 9.17) is 5.11 Å². The molecule has 2 N–H and O–H groups in total. The molecule has 0 spiro atoms. The first-order valence-electron chi connectivity index (χ1n) is 6.66. The highest BCUT2D eigenvalue weighted by Crippen LogP contribution is 2.23. The number of carboxylic acid groups (broad SMARTS) is 1. The normalized spacial score (nSPS) is 11.3. The number of hydrogen-bond acceptors (Lipinski definition) is 4. The summed E-state index contributed by atoms with van der Waals surface area (Å²) in [7, 11) is -2.48. The Morgan fingerprint density at radius 1 is 1.17 bits per heavy atom. The van der Waals surface area contributed by atoms with Crippen molar-refractivity contribution in [1.29, 1.82) is 0 Å². The minimum atomic E-state index is -3.98. The van der Waals surface area contributed by atoms with Crippen molar-refractivity contribution in [3.05, 3.63) is 57.5 Å². The van der Waals surface area contributed by atoms with Crippen molar-refractivity contribution in [2.24, 2.45) is 7.05 Å². The summed E-state index contributed by atoms with van der Waals surface area (Å²) in [6.07, 6.45) is 1.35. The van der Waals surface area contributed by atoms with Crippen LogP contribution in [0.5, 0.6) is 0 Å². The van der Waals surface area contributed by atoms with Crippen LogP contribution in [-0.2, 0) is 17.1 Å². The number of aromatic nitrogens is 1. The molecular formula is C15H16N2O5S. The minimum absolute atomic E-state index is 0.0727. The van der Waals surface area contributed by atoms with Crippen molar-refractivity contribution in [3.8, 4) is 0 Å². The molecule has 0 amide bonds. The highest BCUT2D eigenvalue weighted by atomic mass is 32.2. The predicted octanol–water partition coefficient (Wildman–Crippen LogP) is 1.50. The van der Waals surface area contributed by atoms with Crippen molar-refractivity contribution in [2.45, 2.75) is 18.7 Å². The van der Waals surface area contributed by atoms with E-state index in [1.807, 2.05) is 0 Å². The molecule has 1 aromatic heterocycles. The first kappa shape index (κ1) is 16.8.